The van der Waals surface area contributed by atoms with Crippen molar-refractivity contribution in [1.29, 1.82) is 0 Å². The zero-order chi connectivity index (χ0) is 13.8. The number of H-pyrrole nitrogens is 1. The number of hydrazine groups is 1. The Morgan fingerprint density at radius 1 is 1.42 bits per heavy atom. The molecule has 0 radical (unpaired) electrons. The van der Waals surface area contributed by atoms with E-state index in [0.29, 0.717) is 17.5 Å². The minimum atomic E-state index is -0.447. The van der Waals surface area contributed by atoms with E-state index in [1.54, 1.807) is 19.1 Å². The van der Waals surface area contributed by atoms with Crippen LogP contribution in [0.15, 0.2) is 27.4 Å². The number of aromatic amines is 1. The van der Waals surface area contributed by atoms with Crippen LogP contribution >= 0.6 is 0 Å². The molecule has 0 aliphatic carbocycles. The molecule has 1 aromatic heterocycles. The summed E-state index contributed by atoms with van der Waals surface area (Å²) in [5.41, 5.74) is 4.99. The van der Waals surface area contributed by atoms with Crippen LogP contribution < -0.4 is 11.2 Å². The molecule has 0 atom stereocenters. The first-order valence-electron chi connectivity index (χ1n) is 6.13. The third-order valence-electron chi connectivity index (χ3n) is 2.70. The van der Waals surface area contributed by atoms with Crippen molar-refractivity contribution in [3.8, 4) is 0 Å². The van der Waals surface area contributed by atoms with Crippen LogP contribution in [0.4, 0.5) is 0 Å². The van der Waals surface area contributed by atoms with Gasteiger partial charge in [0.1, 0.15) is 0 Å². The van der Waals surface area contributed by atoms with E-state index in [4.69, 9.17) is 4.42 Å². The molecule has 0 fully saturated rings. The molecule has 0 aliphatic heterocycles. The van der Waals surface area contributed by atoms with Crippen molar-refractivity contribution < 1.29 is 9.21 Å². The molecule has 0 saturated carbocycles. The highest BCUT2D eigenvalue weighted by Crippen LogP contribution is 2.14. The number of benzene rings is 1. The van der Waals surface area contributed by atoms with Gasteiger partial charge in [-0.15, -0.1) is 0 Å². The Labute approximate surface area is 110 Å². The van der Waals surface area contributed by atoms with Crippen molar-refractivity contribution in [3.63, 3.8) is 0 Å². The summed E-state index contributed by atoms with van der Waals surface area (Å²) in [5, 5.41) is 1.63. The summed E-state index contributed by atoms with van der Waals surface area (Å²) in [6, 6.07) is 5.57. The van der Waals surface area contributed by atoms with Crippen molar-refractivity contribution in [3.05, 3.63) is 34.3 Å². The Morgan fingerprint density at radius 3 is 2.95 bits per heavy atom. The fourth-order valence-electron chi connectivity index (χ4n) is 1.90. The quantitative estimate of drug-likeness (QED) is 0.790. The molecule has 1 heterocycles. The zero-order valence-electron chi connectivity index (χ0n) is 11.0. The van der Waals surface area contributed by atoms with Crippen LogP contribution in [0.1, 0.15) is 18.4 Å². The maximum Gasteiger partial charge on any atom is 0.417 e. The van der Waals surface area contributed by atoms with Gasteiger partial charge >= 0.3 is 5.76 Å². The van der Waals surface area contributed by atoms with Crippen molar-refractivity contribution in [2.45, 2.75) is 19.3 Å². The van der Waals surface area contributed by atoms with Gasteiger partial charge in [0, 0.05) is 20.5 Å². The van der Waals surface area contributed by atoms with Gasteiger partial charge in [-0.25, -0.2) is 9.80 Å². The molecule has 2 rings (SSSR count). The van der Waals surface area contributed by atoms with Crippen LogP contribution in [-0.2, 0) is 11.2 Å². The number of aryl methyl sites for hydroxylation is 1. The van der Waals surface area contributed by atoms with Gasteiger partial charge in [-0.05, 0) is 30.5 Å². The molecule has 6 nitrogen and oxygen atoms in total. The molecular formula is C13H17N3O3. The lowest BCUT2D eigenvalue weighted by Crippen LogP contribution is -2.35. The first-order valence-corrected chi connectivity index (χ1v) is 6.13. The van der Waals surface area contributed by atoms with E-state index < -0.39 is 5.76 Å². The van der Waals surface area contributed by atoms with Gasteiger partial charge in [0.25, 0.3) is 0 Å². The summed E-state index contributed by atoms with van der Waals surface area (Å²) >= 11 is 0. The number of amides is 1. The van der Waals surface area contributed by atoms with E-state index in [1.165, 1.54) is 0 Å². The molecule has 0 saturated heterocycles. The highest BCUT2D eigenvalue weighted by Gasteiger charge is 2.04. The minimum Gasteiger partial charge on any atom is -0.408 e. The van der Waals surface area contributed by atoms with Gasteiger partial charge in [0.05, 0.1) is 5.52 Å². The molecule has 0 unspecified atom stereocenters. The predicted octanol–water partition coefficient (Wildman–Crippen LogP) is 1.04. The lowest BCUT2D eigenvalue weighted by Gasteiger charge is -2.11. The number of oxazole rings is 1. The van der Waals surface area contributed by atoms with Gasteiger partial charge < -0.3 is 4.42 Å². The van der Waals surface area contributed by atoms with Crippen LogP contribution in [-0.4, -0.2) is 30.0 Å². The summed E-state index contributed by atoms with van der Waals surface area (Å²) < 4.78 is 4.99. The molecule has 6 heteroatoms. The zero-order valence-corrected chi connectivity index (χ0v) is 11.0. The largest absolute Gasteiger partial charge is 0.417 e. The third kappa shape index (κ3) is 3.69. The summed E-state index contributed by atoms with van der Waals surface area (Å²) in [7, 11) is 3.56. The number of carbonyl (C=O) groups is 1. The number of nitrogens with one attached hydrogen (secondary N) is 2. The highest BCUT2D eigenvalue weighted by molar-refractivity contribution is 5.75. The Balaban J connectivity index is 1.91. The number of carbonyl (C=O) groups excluding carboxylic acids is 1. The molecule has 102 valence electrons. The Bertz CT molecular complexity index is 627. The smallest absolute Gasteiger partial charge is 0.408 e. The van der Waals surface area contributed by atoms with Gasteiger partial charge in [0.15, 0.2) is 5.58 Å². The topological polar surface area (TPSA) is 78.3 Å². The number of fused-ring (bicyclic) bond motifs is 1. The standard InChI is InChI=1S/C13H17N3O3/c1-16(2)15-12(17)5-3-4-9-6-7-10-11(8-9)19-13(18)14-10/h6-8H,3-5H2,1-2H3,(H,14,18)(H,15,17). The number of rotatable bonds is 5. The first-order chi connectivity index (χ1) is 9.04. The van der Waals surface area contributed by atoms with E-state index >= 15 is 0 Å². The average Bonchev–Trinajstić information content (AvgIpc) is 2.67. The number of nitrogens with zero attached hydrogens (tertiary/aromatic N) is 1. The number of aromatic nitrogens is 1. The number of hydrogen-bond donors (Lipinski definition) is 2. The lowest BCUT2D eigenvalue weighted by atomic mass is 10.1. The van der Waals surface area contributed by atoms with Crippen LogP contribution in [0.5, 0.6) is 0 Å². The second-order valence-electron chi connectivity index (χ2n) is 4.63. The molecule has 0 bridgehead atoms. The van der Waals surface area contributed by atoms with Crippen LogP contribution in [0, 0.1) is 0 Å². The normalized spacial score (nSPS) is 11.1. The molecule has 0 spiro atoms. The first kappa shape index (κ1) is 13.4. The van der Waals surface area contributed by atoms with Crippen LogP contribution in [0.2, 0.25) is 0 Å². The van der Waals surface area contributed by atoms with Gasteiger partial charge in [0.2, 0.25) is 5.91 Å². The van der Waals surface area contributed by atoms with Crippen molar-refractivity contribution >= 4 is 17.0 Å². The summed E-state index contributed by atoms with van der Waals surface area (Å²) in [6.07, 6.45) is 1.98. The van der Waals surface area contributed by atoms with E-state index in [1.807, 2.05) is 18.2 Å². The highest BCUT2D eigenvalue weighted by atomic mass is 16.4. The third-order valence-corrected chi connectivity index (χ3v) is 2.70. The van der Waals surface area contributed by atoms with Crippen LogP contribution in [0.25, 0.3) is 11.1 Å². The average molecular weight is 263 g/mol. The fourth-order valence-corrected chi connectivity index (χ4v) is 1.90. The maximum atomic E-state index is 11.4. The second-order valence-corrected chi connectivity index (χ2v) is 4.63. The monoisotopic (exact) mass is 263 g/mol. The molecule has 1 amide bonds. The van der Waals surface area contributed by atoms with Gasteiger partial charge in [-0.3, -0.25) is 15.2 Å². The van der Waals surface area contributed by atoms with E-state index in [0.717, 1.165) is 18.4 Å². The predicted molar refractivity (Wildman–Crippen MR) is 71.6 cm³/mol. The maximum absolute atomic E-state index is 11.4. The summed E-state index contributed by atoms with van der Waals surface area (Å²) in [6.45, 7) is 0. The summed E-state index contributed by atoms with van der Waals surface area (Å²) in [5.74, 6) is -0.447. The minimum absolute atomic E-state index is 0.000690. The lowest BCUT2D eigenvalue weighted by molar-refractivity contribution is -0.124. The number of hydrogen-bond acceptors (Lipinski definition) is 4. The molecule has 2 N–H and O–H groups in total. The van der Waals surface area contributed by atoms with Crippen molar-refractivity contribution in [2.75, 3.05) is 14.1 Å². The van der Waals surface area contributed by atoms with Gasteiger partial charge in [-0.1, -0.05) is 6.07 Å². The van der Waals surface area contributed by atoms with E-state index in [-0.39, 0.29) is 5.91 Å². The van der Waals surface area contributed by atoms with Crippen LogP contribution in [0.3, 0.4) is 0 Å². The fraction of sp³-hybridized carbons (Fsp3) is 0.385. The molecular weight excluding hydrogens is 246 g/mol. The Kier molecular flexibility index (Phi) is 4.01. The molecule has 19 heavy (non-hydrogen) atoms. The molecule has 2 aromatic rings. The Hall–Kier alpha value is -2.08. The molecule has 1 aromatic carbocycles. The summed E-state index contributed by atoms with van der Waals surface area (Å²) in [4.78, 5) is 25.1. The van der Waals surface area contributed by atoms with Gasteiger partial charge in [-0.2, -0.15) is 0 Å². The molecule has 0 aliphatic rings. The Morgan fingerprint density at radius 2 is 2.21 bits per heavy atom. The van der Waals surface area contributed by atoms with Crippen molar-refractivity contribution in [1.82, 2.24) is 15.4 Å². The SMILES string of the molecule is CN(C)NC(=O)CCCc1ccc2[nH]c(=O)oc2c1. The van der Waals surface area contributed by atoms with E-state index in [9.17, 15) is 9.59 Å². The van der Waals surface area contributed by atoms with E-state index in [2.05, 4.69) is 10.4 Å². The second kappa shape index (κ2) is 5.71. The van der Waals surface area contributed by atoms with Crippen molar-refractivity contribution in [2.24, 2.45) is 0 Å².